The standard InChI is InChI=1S/C13H17NO3/c1-17-11-7-5-10(6-8-11)12-4-2-3-9-14(12)13(15)16/h5-8,12H,2-4,9H2,1H3,(H,15,16). The van der Waals surface area contributed by atoms with Crippen LogP contribution in [0.2, 0.25) is 0 Å². The Bertz CT molecular complexity index is 388. The van der Waals surface area contributed by atoms with Gasteiger partial charge in [-0.05, 0) is 37.0 Å². The molecule has 1 amide bonds. The molecule has 17 heavy (non-hydrogen) atoms. The molecule has 1 aliphatic heterocycles. The third-order valence-corrected chi connectivity index (χ3v) is 3.25. The number of carboxylic acid groups (broad SMARTS) is 1. The van der Waals surface area contributed by atoms with Gasteiger partial charge in [-0.1, -0.05) is 12.1 Å². The van der Waals surface area contributed by atoms with E-state index in [1.807, 2.05) is 24.3 Å². The molecule has 1 aromatic carbocycles. The summed E-state index contributed by atoms with van der Waals surface area (Å²) in [5, 5.41) is 9.17. The van der Waals surface area contributed by atoms with Crippen molar-refractivity contribution < 1.29 is 14.6 Å². The van der Waals surface area contributed by atoms with Crippen LogP contribution in [0.15, 0.2) is 24.3 Å². The van der Waals surface area contributed by atoms with Crippen LogP contribution in [0.4, 0.5) is 4.79 Å². The zero-order chi connectivity index (χ0) is 12.3. The zero-order valence-corrected chi connectivity index (χ0v) is 9.93. The molecule has 1 heterocycles. The Morgan fingerprint density at radius 2 is 2.06 bits per heavy atom. The molecule has 4 nitrogen and oxygen atoms in total. The second kappa shape index (κ2) is 5.08. The van der Waals surface area contributed by atoms with Gasteiger partial charge in [-0.15, -0.1) is 0 Å². The molecule has 1 N–H and O–H groups in total. The van der Waals surface area contributed by atoms with Gasteiger partial charge in [0.05, 0.1) is 13.2 Å². The van der Waals surface area contributed by atoms with Crippen molar-refractivity contribution in [2.75, 3.05) is 13.7 Å². The quantitative estimate of drug-likeness (QED) is 0.857. The smallest absolute Gasteiger partial charge is 0.407 e. The summed E-state index contributed by atoms with van der Waals surface area (Å²) < 4.78 is 5.10. The molecule has 2 rings (SSSR count). The van der Waals surface area contributed by atoms with E-state index in [4.69, 9.17) is 4.74 Å². The molecule has 0 spiro atoms. The first-order chi connectivity index (χ1) is 8.22. The van der Waals surface area contributed by atoms with Crippen molar-refractivity contribution in [3.8, 4) is 5.75 Å². The minimum atomic E-state index is -0.828. The Hall–Kier alpha value is -1.71. The number of piperidine rings is 1. The van der Waals surface area contributed by atoms with Crippen LogP contribution in [-0.4, -0.2) is 29.8 Å². The highest BCUT2D eigenvalue weighted by Crippen LogP contribution is 2.31. The van der Waals surface area contributed by atoms with Crippen molar-refractivity contribution in [2.24, 2.45) is 0 Å². The van der Waals surface area contributed by atoms with Crippen LogP contribution in [0.3, 0.4) is 0 Å². The molecule has 0 radical (unpaired) electrons. The highest BCUT2D eigenvalue weighted by molar-refractivity contribution is 5.66. The second-order valence-electron chi connectivity index (χ2n) is 4.26. The number of nitrogens with zero attached hydrogens (tertiary/aromatic N) is 1. The van der Waals surface area contributed by atoms with E-state index in [1.165, 1.54) is 4.90 Å². The van der Waals surface area contributed by atoms with Crippen molar-refractivity contribution in [2.45, 2.75) is 25.3 Å². The molecule has 1 fully saturated rings. The lowest BCUT2D eigenvalue weighted by molar-refractivity contribution is 0.106. The number of hydrogen-bond acceptors (Lipinski definition) is 2. The molecule has 4 heteroatoms. The Balaban J connectivity index is 2.20. The van der Waals surface area contributed by atoms with E-state index in [0.717, 1.165) is 30.6 Å². The van der Waals surface area contributed by atoms with E-state index in [0.29, 0.717) is 6.54 Å². The maximum Gasteiger partial charge on any atom is 0.407 e. The van der Waals surface area contributed by atoms with Crippen LogP contribution in [0.25, 0.3) is 0 Å². The summed E-state index contributed by atoms with van der Waals surface area (Å²) in [5.41, 5.74) is 1.05. The third kappa shape index (κ3) is 2.52. The first-order valence-electron chi connectivity index (χ1n) is 5.86. The number of hydrogen-bond donors (Lipinski definition) is 1. The Labute approximate surface area is 101 Å². The largest absolute Gasteiger partial charge is 0.497 e. The lowest BCUT2D eigenvalue weighted by atomic mass is 9.95. The molecule has 0 aromatic heterocycles. The van der Waals surface area contributed by atoms with Gasteiger partial charge in [0, 0.05) is 6.54 Å². The SMILES string of the molecule is COc1ccc(C2CCCCN2C(=O)O)cc1. The van der Waals surface area contributed by atoms with Gasteiger partial charge < -0.3 is 14.7 Å². The topological polar surface area (TPSA) is 49.8 Å². The molecular weight excluding hydrogens is 218 g/mol. The third-order valence-electron chi connectivity index (χ3n) is 3.25. The monoisotopic (exact) mass is 235 g/mol. The molecule has 1 unspecified atom stereocenters. The lowest BCUT2D eigenvalue weighted by Gasteiger charge is -2.33. The molecule has 0 bridgehead atoms. The summed E-state index contributed by atoms with van der Waals surface area (Å²) in [7, 11) is 1.62. The average molecular weight is 235 g/mol. The van der Waals surface area contributed by atoms with E-state index in [1.54, 1.807) is 7.11 Å². The Morgan fingerprint density at radius 1 is 1.35 bits per heavy atom. The minimum Gasteiger partial charge on any atom is -0.497 e. The van der Waals surface area contributed by atoms with E-state index in [9.17, 15) is 9.90 Å². The van der Waals surface area contributed by atoms with E-state index < -0.39 is 6.09 Å². The molecule has 0 saturated carbocycles. The van der Waals surface area contributed by atoms with Crippen LogP contribution in [-0.2, 0) is 0 Å². The molecule has 0 aliphatic carbocycles. The predicted molar refractivity (Wildman–Crippen MR) is 64.3 cm³/mol. The van der Waals surface area contributed by atoms with E-state index in [2.05, 4.69) is 0 Å². The molecule has 1 aliphatic rings. The number of ether oxygens (including phenoxy) is 1. The van der Waals surface area contributed by atoms with Crippen LogP contribution in [0.1, 0.15) is 30.9 Å². The molecule has 1 atom stereocenters. The van der Waals surface area contributed by atoms with Gasteiger partial charge in [0.1, 0.15) is 5.75 Å². The fourth-order valence-electron chi connectivity index (χ4n) is 2.33. The van der Waals surface area contributed by atoms with Crippen molar-refractivity contribution >= 4 is 6.09 Å². The number of carbonyl (C=O) groups is 1. The Kier molecular flexibility index (Phi) is 3.52. The summed E-state index contributed by atoms with van der Waals surface area (Å²) in [6.45, 7) is 0.631. The molecule has 1 saturated heterocycles. The van der Waals surface area contributed by atoms with Crippen LogP contribution < -0.4 is 4.74 Å². The summed E-state index contributed by atoms with van der Waals surface area (Å²) in [6.07, 6.45) is 2.11. The van der Waals surface area contributed by atoms with E-state index >= 15 is 0 Å². The second-order valence-corrected chi connectivity index (χ2v) is 4.26. The predicted octanol–water partition coefficient (Wildman–Crippen LogP) is 2.90. The van der Waals surface area contributed by atoms with Crippen molar-refractivity contribution in [3.05, 3.63) is 29.8 Å². The highest BCUT2D eigenvalue weighted by Gasteiger charge is 2.27. The zero-order valence-electron chi connectivity index (χ0n) is 9.93. The maximum absolute atomic E-state index is 11.2. The van der Waals surface area contributed by atoms with Gasteiger partial charge >= 0.3 is 6.09 Å². The number of methoxy groups -OCH3 is 1. The van der Waals surface area contributed by atoms with Crippen LogP contribution in [0, 0.1) is 0 Å². The summed E-state index contributed by atoms with van der Waals surface area (Å²) >= 11 is 0. The van der Waals surface area contributed by atoms with Crippen LogP contribution in [0.5, 0.6) is 5.75 Å². The first kappa shape index (κ1) is 11.8. The fraction of sp³-hybridized carbons (Fsp3) is 0.462. The van der Waals surface area contributed by atoms with E-state index in [-0.39, 0.29) is 6.04 Å². The fourth-order valence-corrected chi connectivity index (χ4v) is 2.33. The maximum atomic E-state index is 11.2. The molecular formula is C13H17NO3. The van der Waals surface area contributed by atoms with Crippen molar-refractivity contribution in [1.82, 2.24) is 4.90 Å². The van der Waals surface area contributed by atoms with Gasteiger partial charge in [0.2, 0.25) is 0 Å². The molecule has 92 valence electrons. The Morgan fingerprint density at radius 3 is 2.65 bits per heavy atom. The average Bonchev–Trinajstić information content (AvgIpc) is 2.39. The number of rotatable bonds is 2. The summed E-state index contributed by atoms with van der Waals surface area (Å²) in [6, 6.07) is 7.65. The normalized spacial score (nSPS) is 20.1. The lowest BCUT2D eigenvalue weighted by Crippen LogP contribution is -2.37. The van der Waals surface area contributed by atoms with Gasteiger partial charge in [-0.25, -0.2) is 4.79 Å². The van der Waals surface area contributed by atoms with Gasteiger partial charge in [-0.3, -0.25) is 0 Å². The number of benzene rings is 1. The molecule has 1 aromatic rings. The summed E-state index contributed by atoms with van der Waals surface area (Å²) in [5.74, 6) is 0.798. The van der Waals surface area contributed by atoms with Crippen molar-refractivity contribution in [3.63, 3.8) is 0 Å². The van der Waals surface area contributed by atoms with Crippen molar-refractivity contribution in [1.29, 1.82) is 0 Å². The number of amides is 1. The highest BCUT2D eigenvalue weighted by atomic mass is 16.5. The van der Waals surface area contributed by atoms with Gasteiger partial charge in [0.25, 0.3) is 0 Å². The summed E-state index contributed by atoms with van der Waals surface area (Å²) in [4.78, 5) is 12.7. The van der Waals surface area contributed by atoms with Gasteiger partial charge in [-0.2, -0.15) is 0 Å². The number of likely N-dealkylation sites (tertiary alicyclic amines) is 1. The first-order valence-corrected chi connectivity index (χ1v) is 5.86. The van der Waals surface area contributed by atoms with Gasteiger partial charge in [0.15, 0.2) is 0 Å². The minimum absolute atomic E-state index is 0.00726. The van der Waals surface area contributed by atoms with Crippen LogP contribution >= 0.6 is 0 Å².